The van der Waals surface area contributed by atoms with Crippen LogP contribution < -0.4 is 5.32 Å². The summed E-state index contributed by atoms with van der Waals surface area (Å²) >= 11 is 0. The molecule has 2 aromatic heterocycles. The molecule has 6 heteroatoms. The number of carbonyl (C=O) groups is 1. The Morgan fingerprint density at radius 2 is 1.93 bits per heavy atom. The Morgan fingerprint density at radius 3 is 2.67 bits per heavy atom. The van der Waals surface area contributed by atoms with E-state index >= 15 is 0 Å². The lowest BCUT2D eigenvalue weighted by Gasteiger charge is -2.34. The van der Waals surface area contributed by atoms with Crippen LogP contribution >= 0.6 is 0 Å². The molecule has 3 aromatic rings. The van der Waals surface area contributed by atoms with Gasteiger partial charge in [0.25, 0.3) is 5.91 Å². The van der Waals surface area contributed by atoms with Gasteiger partial charge in [-0.3, -0.25) is 9.69 Å². The fraction of sp³-hybridized carbons (Fsp3) is 0.333. The number of anilines is 2. The second-order valence-corrected chi connectivity index (χ2v) is 6.81. The molecule has 0 unspecified atom stereocenters. The molecule has 1 amide bonds. The fourth-order valence-electron chi connectivity index (χ4n) is 3.48. The van der Waals surface area contributed by atoms with Crippen LogP contribution in [-0.4, -0.2) is 53.4 Å². The third-order valence-electron chi connectivity index (χ3n) is 4.91. The minimum atomic E-state index is -0.0411. The molecule has 1 saturated heterocycles. The Bertz CT molecular complexity index is 914. The number of nitrogens with one attached hydrogen (secondary N) is 1. The number of amides is 1. The van der Waals surface area contributed by atoms with Gasteiger partial charge in [0.15, 0.2) is 0 Å². The van der Waals surface area contributed by atoms with Crippen LogP contribution in [-0.2, 0) is 0 Å². The van der Waals surface area contributed by atoms with Crippen molar-refractivity contribution in [1.82, 2.24) is 14.8 Å². The first kappa shape index (κ1) is 17.5. The summed E-state index contributed by atoms with van der Waals surface area (Å²) < 4.78 is 5.56. The first-order valence-corrected chi connectivity index (χ1v) is 9.46. The van der Waals surface area contributed by atoms with Crippen LogP contribution in [0.3, 0.4) is 0 Å². The maximum absolute atomic E-state index is 13.0. The number of carbonyl (C=O) groups excluding carboxylic acids is 1. The number of aromatic nitrogens is 1. The second-order valence-electron chi connectivity index (χ2n) is 6.81. The Kier molecular flexibility index (Phi) is 5.07. The second kappa shape index (κ2) is 7.80. The Morgan fingerprint density at radius 1 is 1.15 bits per heavy atom. The van der Waals surface area contributed by atoms with E-state index in [0.29, 0.717) is 17.1 Å². The molecule has 0 radical (unpaired) electrons. The summed E-state index contributed by atoms with van der Waals surface area (Å²) in [6.07, 6.45) is 2.76. The lowest BCUT2D eigenvalue weighted by Crippen LogP contribution is -2.48. The van der Waals surface area contributed by atoms with Crippen LogP contribution in [0.25, 0.3) is 11.0 Å². The van der Waals surface area contributed by atoms with E-state index in [0.717, 1.165) is 50.2 Å². The molecule has 27 heavy (non-hydrogen) atoms. The topological polar surface area (TPSA) is 61.6 Å². The van der Waals surface area contributed by atoms with Crippen molar-refractivity contribution in [3.8, 4) is 0 Å². The Hall–Kier alpha value is -2.86. The molecule has 1 fully saturated rings. The van der Waals surface area contributed by atoms with Crippen molar-refractivity contribution in [2.24, 2.45) is 0 Å². The summed E-state index contributed by atoms with van der Waals surface area (Å²) in [5.41, 5.74) is 2.00. The molecule has 1 aromatic carbocycles. The molecule has 0 bridgehead atoms. The van der Waals surface area contributed by atoms with E-state index in [-0.39, 0.29) is 5.91 Å². The summed E-state index contributed by atoms with van der Waals surface area (Å²) in [6.45, 7) is 6.57. The predicted octanol–water partition coefficient (Wildman–Crippen LogP) is 3.74. The number of nitrogens with zero attached hydrogens (tertiary/aromatic N) is 3. The van der Waals surface area contributed by atoms with E-state index < -0.39 is 0 Å². The largest absolute Gasteiger partial charge is 0.464 e. The van der Waals surface area contributed by atoms with Crippen LogP contribution in [0.15, 0.2) is 53.1 Å². The van der Waals surface area contributed by atoms with Crippen LogP contribution in [0.4, 0.5) is 11.5 Å². The first-order valence-electron chi connectivity index (χ1n) is 9.46. The lowest BCUT2D eigenvalue weighted by molar-refractivity contribution is 0.0632. The van der Waals surface area contributed by atoms with Gasteiger partial charge in [-0.15, -0.1) is 0 Å². The quantitative estimate of drug-likeness (QED) is 0.747. The minimum Gasteiger partial charge on any atom is -0.464 e. The average Bonchev–Trinajstić information content (AvgIpc) is 3.18. The molecular weight excluding hydrogens is 340 g/mol. The van der Waals surface area contributed by atoms with Crippen molar-refractivity contribution < 1.29 is 9.21 Å². The molecule has 4 rings (SSSR count). The number of benzene rings is 1. The van der Waals surface area contributed by atoms with Crippen molar-refractivity contribution in [2.75, 3.05) is 38.0 Å². The summed E-state index contributed by atoms with van der Waals surface area (Å²) in [6, 6.07) is 13.4. The molecule has 1 aliphatic rings. The number of fused-ring (bicyclic) bond motifs is 1. The third kappa shape index (κ3) is 3.80. The summed E-state index contributed by atoms with van der Waals surface area (Å²) in [5.74, 6) is 0.598. The highest BCUT2D eigenvalue weighted by atomic mass is 16.3. The smallest absolute Gasteiger partial charge is 0.272 e. The van der Waals surface area contributed by atoms with Gasteiger partial charge in [-0.2, -0.15) is 0 Å². The van der Waals surface area contributed by atoms with Gasteiger partial charge >= 0.3 is 0 Å². The van der Waals surface area contributed by atoms with Crippen molar-refractivity contribution in [2.45, 2.75) is 13.3 Å². The molecule has 140 valence electrons. The molecule has 6 nitrogen and oxygen atoms in total. The highest BCUT2D eigenvalue weighted by Crippen LogP contribution is 2.27. The van der Waals surface area contributed by atoms with E-state index in [4.69, 9.17) is 4.42 Å². The van der Waals surface area contributed by atoms with Gasteiger partial charge in [-0.1, -0.05) is 25.1 Å². The lowest BCUT2D eigenvalue weighted by atomic mass is 10.2. The maximum Gasteiger partial charge on any atom is 0.272 e. The zero-order chi connectivity index (χ0) is 18.6. The van der Waals surface area contributed by atoms with E-state index in [1.807, 2.05) is 41.3 Å². The van der Waals surface area contributed by atoms with Crippen molar-refractivity contribution in [3.63, 3.8) is 0 Å². The molecule has 0 saturated carbocycles. The van der Waals surface area contributed by atoms with Crippen LogP contribution in [0.1, 0.15) is 23.8 Å². The van der Waals surface area contributed by atoms with E-state index in [1.165, 1.54) is 0 Å². The number of hydrogen-bond donors (Lipinski definition) is 1. The standard InChI is InChI=1S/C21H24N4O2/c1-2-9-24-10-12-25(13-11-24)21(26)18-15-19-17(8-14-27-19)20(23-18)22-16-6-4-3-5-7-16/h3-8,14-15H,2,9-13H2,1H3,(H,22,23). The van der Waals surface area contributed by atoms with Crippen LogP contribution in [0.2, 0.25) is 0 Å². The SMILES string of the molecule is CCCN1CCN(C(=O)c2cc3occc3c(Nc3ccccc3)n2)CC1. The zero-order valence-electron chi connectivity index (χ0n) is 15.5. The molecule has 3 heterocycles. The van der Waals surface area contributed by atoms with E-state index in [1.54, 1.807) is 12.3 Å². The molecule has 1 N–H and O–H groups in total. The monoisotopic (exact) mass is 364 g/mol. The third-order valence-corrected chi connectivity index (χ3v) is 4.91. The Labute approximate surface area is 158 Å². The van der Waals surface area contributed by atoms with E-state index in [9.17, 15) is 4.79 Å². The fourth-order valence-corrected chi connectivity index (χ4v) is 3.48. The van der Waals surface area contributed by atoms with Gasteiger partial charge in [-0.05, 0) is 31.2 Å². The summed E-state index contributed by atoms with van der Waals surface area (Å²) in [5, 5.41) is 4.17. The van der Waals surface area contributed by atoms with Crippen molar-refractivity contribution in [3.05, 3.63) is 54.4 Å². The van der Waals surface area contributed by atoms with Gasteiger partial charge in [0.1, 0.15) is 17.1 Å². The molecule has 1 aliphatic heterocycles. The number of hydrogen-bond acceptors (Lipinski definition) is 5. The summed E-state index contributed by atoms with van der Waals surface area (Å²) in [4.78, 5) is 21.9. The number of rotatable bonds is 5. The molecular formula is C21H24N4O2. The average molecular weight is 364 g/mol. The van der Waals surface area contributed by atoms with Gasteiger partial charge in [0.05, 0.1) is 11.6 Å². The predicted molar refractivity (Wildman–Crippen MR) is 106 cm³/mol. The molecule has 0 aliphatic carbocycles. The minimum absolute atomic E-state index is 0.0411. The normalized spacial score (nSPS) is 15.2. The number of para-hydroxylation sites is 1. The van der Waals surface area contributed by atoms with Crippen LogP contribution in [0, 0.1) is 0 Å². The van der Waals surface area contributed by atoms with Crippen molar-refractivity contribution in [1.29, 1.82) is 0 Å². The number of furan rings is 1. The van der Waals surface area contributed by atoms with Gasteiger partial charge in [0, 0.05) is 37.9 Å². The van der Waals surface area contributed by atoms with Gasteiger partial charge in [-0.25, -0.2) is 4.98 Å². The van der Waals surface area contributed by atoms with E-state index in [2.05, 4.69) is 22.1 Å². The van der Waals surface area contributed by atoms with Gasteiger partial charge < -0.3 is 14.6 Å². The molecule has 0 spiro atoms. The van der Waals surface area contributed by atoms with Crippen molar-refractivity contribution >= 4 is 28.4 Å². The van der Waals surface area contributed by atoms with Gasteiger partial charge in [0.2, 0.25) is 0 Å². The number of piperazine rings is 1. The highest BCUT2D eigenvalue weighted by Gasteiger charge is 2.24. The zero-order valence-corrected chi connectivity index (χ0v) is 15.5. The number of pyridine rings is 1. The Balaban J connectivity index is 1.58. The molecule has 0 atom stereocenters. The van der Waals surface area contributed by atoms with Crippen LogP contribution in [0.5, 0.6) is 0 Å². The first-order chi connectivity index (χ1) is 13.2. The highest BCUT2D eigenvalue weighted by molar-refractivity contribution is 5.99. The summed E-state index contributed by atoms with van der Waals surface area (Å²) in [7, 11) is 0. The maximum atomic E-state index is 13.0.